The van der Waals surface area contributed by atoms with E-state index in [9.17, 15) is 21.4 Å². The lowest BCUT2D eigenvalue weighted by atomic mass is 9.84. The van der Waals surface area contributed by atoms with Crippen LogP contribution in [-0.4, -0.2) is 21.4 Å². The summed E-state index contributed by atoms with van der Waals surface area (Å²) in [5.74, 6) is 0.0706. The van der Waals surface area contributed by atoms with Gasteiger partial charge < -0.3 is 0 Å². The lowest BCUT2D eigenvalue weighted by Gasteiger charge is -2.25. The number of rotatable bonds is 6. The maximum atomic E-state index is 13.3. The van der Waals surface area contributed by atoms with Crippen LogP contribution in [0.25, 0.3) is 0 Å². The number of halogens is 2. The van der Waals surface area contributed by atoms with Crippen LogP contribution in [0.2, 0.25) is 0 Å². The summed E-state index contributed by atoms with van der Waals surface area (Å²) in [6, 6.07) is 11.1. The van der Waals surface area contributed by atoms with E-state index in [-0.39, 0.29) is 16.4 Å². The summed E-state index contributed by atoms with van der Waals surface area (Å²) in [4.78, 5) is -0.00463. The molecule has 0 aromatic heterocycles. The van der Waals surface area contributed by atoms with Crippen LogP contribution in [0, 0.1) is 7.14 Å². The van der Waals surface area contributed by atoms with Gasteiger partial charge in [0, 0.05) is 7.14 Å². The molecule has 0 bridgehead atoms. The Morgan fingerprint density at radius 1 is 0.966 bits per heavy atom. The lowest BCUT2D eigenvalue weighted by molar-refractivity contribution is 0.265. The molecule has 1 fully saturated rings. The molecule has 1 aliphatic rings. The quantitative estimate of drug-likeness (QED) is 0.259. The summed E-state index contributed by atoms with van der Waals surface area (Å²) >= 11 is 4.08. The molecule has 2 aromatic carbocycles. The van der Waals surface area contributed by atoms with Crippen molar-refractivity contribution in [2.24, 2.45) is 0 Å². The molecule has 0 amide bonds. The molecule has 158 valence electrons. The van der Waals surface area contributed by atoms with Crippen LogP contribution in [0.1, 0.15) is 54.6 Å². The molecule has 2 aromatic rings. The Morgan fingerprint density at radius 3 is 2.17 bits per heavy atom. The van der Waals surface area contributed by atoms with Crippen molar-refractivity contribution in [2.45, 2.75) is 48.4 Å². The SMILES string of the molecule is O=S(=O)(OC(c1ccccc1)S(=O)(=O)O)c1c(I)cc(I)cc1C1CCCCC1. The third kappa shape index (κ3) is 5.70. The summed E-state index contributed by atoms with van der Waals surface area (Å²) in [6.07, 6.45) is 4.91. The molecule has 29 heavy (non-hydrogen) atoms. The van der Waals surface area contributed by atoms with Crippen molar-refractivity contribution in [2.75, 3.05) is 0 Å². The summed E-state index contributed by atoms with van der Waals surface area (Å²) in [6.45, 7) is 0. The molecule has 1 unspecified atom stereocenters. The molecule has 1 N–H and O–H groups in total. The summed E-state index contributed by atoms with van der Waals surface area (Å²) in [5, 5.41) is 0. The van der Waals surface area contributed by atoms with Crippen LogP contribution in [0.3, 0.4) is 0 Å². The minimum atomic E-state index is -4.82. The van der Waals surface area contributed by atoms with Crippen molar-refractivity contribution in [3.63, 3.8) is 0 Å². The largest absolute Gasteiger partial charge is 0.299 e. The molecule has 0 heterocycles. The van der Waals surface area contributed by atoms with E-state index >= 15 is 0 Å². The van der Waals surface area contributed by atoms with E-state index < -0.39 is 25.7 Å². The Kier molecular flexibility index (Phi) is 7.63. The Labute approximate surface area is 198 Å². The smallest absolute Gasteiger partial charge is 0.283 e. The molecule has 3 rings (SSSR count). The zero-order valence-corrected chi connectivity index (χ0v) is 21.2. The number of hydrogen-bond donors (Lipinski definition) is 1. The summed E-state index contributed by atoms with van der Waals surface area (Å²) in [7, 11) is -9.29. The Hall–Kier alpha value is -0.280. The van der Waals surface area contributed by atoms with Gasteiger partial charge in [0.2, 0.25) is 5.44 Å². The van der Waals surface area contributed by atoms with Crippen LogP contribution < -0.4 is 0 Å². The van der Waals surface area contributed by atoms with Crippen LogP contribution in [0.5, 0.6) is 0 Å². The van der Waals surface area contributed by atoms with Gasteiger partial charge in [-0.2, -0.15) is 16.8 Å². The van der Waals surface area contributed by atoms with Crippen molar-refractivity contribution in [1.29, 1.82) is 0 Å². The van der Waals surface area contributed by atoms with Gasteiger partial charge in [-0.05, 0) is 87.2 Å². The Morgan fingerprint density at radius 2 is 1.59 bits per heavy atom. The fourth-order valence-corrected chi connectivity index (χ4v) is 8.77. The first kappa shape index (κ1) is 23.4. The molecule has 0 aliphatic heterocycles. The first-order chi connectivity index (χ1) is 13.6. The van der Waals surface area contributed by atoms with Gasteiger partial charge in [-0.1, -0.05) is 49.6 Å². The van der Waals surface area contributed by atoms with E-state index in [1.807, 2.05) is 28.7 Å². The Balaban J connectivity index is 2.09. The number of benzene rings is 2. The highest BCUT2D eigenvalue weighted by molar-refractivity contribution is 14.1. The minimum Gasteiger partial charge on any atom is -0.283 e. The van der Waals surface area contributed by atoms with Gasteiger partial charge in [-0.15, -0.1) is 0 Å². The highest BCUT2D eigenvalue weighted by atomic mass is 127. The Bertz CT molecular complexity index is 1080. The molecular formula is C19H20I2O6S2. The average Bonchev–Trinajstić information content (AvgIpc) is 2.66. The predicted molar refractivity (Wildman–Crippen MR) is 127 cm³/mol. The molecular weight excluding hydrogens is 642 g/mol. The fraction of sp³-hybridized carbons (Fsp3) is 0.368. The van der Waals surface area contributed by atoms with Gasteiger partial charge in [0.1, 0.15) is 4.90 Å². The van der Waals surface area contributed by atoms with E-state index in [4.69, 9.17) is 4.18 Å². The van der Waals surface area contributed by atoms with Crippen molar-refractivity contribution in [3.05, 3.63) is 60.7 Å². The van der Waals surface area contributed by atoms with E-state index in [2.05, 4.69) is 22.6 Å². The van der Waals surface area contributed by atoms with Gasteiger partial charge in [-0.25, -0.2) is 4.18 Å². The first-order valence-corrected chi connectivity index (χ1v) is 14.1. The third-order valence-electron chi connectivity index (χ3n) is 4.89. The third-order valence-corrected chi connectivity index (χ3v) is 9.16. The van der Waals surface area contributed by atoms with Gasteiger partial charge in [0.25, 0.3) is 20.2 Å². The predicted octanol–water partition coefficient (Wildman–Crippen LogP) is 5.24. The van der Waals surface area contributed by atoms with Gasteiger partial charge in [0.15, 0.2) is 0 Å². The van der Waals surface area contributed by atoms with Gasteiger partial charge in [-0.3, -0.25) is 4.55 Å². The minimum absolute atomic E-state index is 0.00463. The van der Waals surface area contributed by atoms with E-state index in [1.165, 1.54) is 12.1 Å². The van der Waals surface area contributed by atoms with Crippen LogP contribution in [0.4, 0.5) is 0 Å². The van der Waals surface area contributed by atoms with E-state index in [0.717, 1.165) is 35.7 Å². The molecule has 10 heteroatoms. The van der Waals surface area contributed by atoms with Crippen molar-refractivity contribution < 1.29 is 25.6 Å². The van der Waals surface area contributed by atoms with Crippen LogP contribution >= 0.6 is 45.2 Å². The maximum absolute atomic E-state index is 13.3. The average molecular weight is 662 g/mol. The molecule has 1 aliphatic carbocycles. The normalized spacial score (nSPS) is 17.2. The molecule has 0 radical (unpaired) electrons. The van der Waals surface area contributed by atoms with Crippen LogP contribution in [-0.2, 0) is 24.4 Å². The van der Waals surface area contributed by atoms with Gasteiger partial charge >= 0.3 is 0 Å². The monoisotopic (exact) mass is 662 g/mol. The maximum Gasteiger partial charge on any atom is 0.299 e. The highest BCUT2D eigenvalue weighted by Gasteiger charge is 2.36. The number of hydrogen-bond acceptors (Lipinski definition) is 5. The standard InChI is InChI=1S/C19H20I2O6S2/c20-15-11-16(13-7-3-1-4-8-13)18(17(21)12-15)29(25,26)27-19(28(22,23)24)14-9-5-2-6-10-14/h2,5-6,9-13,19H,1,3-4,7-8H2,(H,22,23,24). The lowest BCUT2D eigenvalue weighted by Crippen LogP contribution is -2.22. The molecule has 0 spiro atoms. The summed E-state index contributed by atoms with van der Waals surface area (Å²) in [5.41, 5.74) is -1.33. The summed E-state index contributed by atoms with van der Waals surface area (Å²) < 4.78 is 66.5. The molecule has 0 saturated heterocycles. The van der Waals surface area contributed by atoms with E-state index in [1.54, 1.807) is 24.3 Å². The van der Waals surface area contributed by atoms with Crippen LogP contribution in [0.15, 0.2) is 47.4 Å². The second kappa shape index (κ2) is 9.47. The zero-order valence-electron chi connectivity index (χ0n) is 15.3. The van der Waals surface area contributed by atoms with Gasteiger partial charge in [0.05, 0.1) is 0 Å². The fourth-order valence-electron chi connectivity index (χ4n) is 3.61. The second-order valence-electron chi connectivity index (χ2n) is 6.95. The zero-order chi connectivity index (χ0) is 21.2. The van der Waals surface area contributed by atoms with Crippen molar-refractivity contribution in [1.82, 2.24) is 0 Å². The van der Waals surface area contributed by atoms with Crippen molar-refractivity contribution in [3.8, 4) is 0 Å². The van der Waals surface area contributed by atoms with E-state index in [0.29, 0.717) is 9.13 Å². The molecule has 6 nitrogen and oxygen atoms in total. The first-order valence-electron chi connectivity index (χ1n) is 9.03. The molecule has 1 atom stereocenters. The van der Waals surface area contributed by atoms with Crippen molar-refractivity contribution >= 4 is 65.4 Å². The topological polar surface area (TPSA) is 97.7 Å². The molecule has 1 saturated carbocycles. The second-order valence-corrected chi connectivity index (χ2v) is 12.3. The highest BCUT2D eigenvalue weighted by Crippen LogP contribution is 2.40.